The minimum atomic E-state index is -0.264. The molecular weight excluding hydrogens is 382 g/mol. The number of amides is 1. The zero-order valence-corrected chi connectivity index (χ0v) is 17.5. The maximum atomic E-state index is 12.5. The van der Waals surface area contributed by atoms with Crippen molar-refractivity contribution in [3.8, 4) is 5.75 Å². The van der Waals surface area contributed by atoms with Gasteiger partial charge in [0.05, 0.1) is 31.9 Å². The predicted molar refractivity (Wildman–Crippen MR) is 114 cm³/mol. The number of ether oxygens (including phenoxy) is 3. The molecule has 0 radical (unpaired) electrons. The van der Waals surface area contributed by atoms with Crippen molar-refractivity contribution in [2.24, 2.45) is 11.7 Å². The van der Waals surface area contributed by atoms with Crippen molar-refractivity contribution in [3.63, 3.8) is 0 Å². The second-order valence-electron chi connectivity index (χ2n) is 8.31. The number of rotatable bonds is 6. The van der Waals surface area contributed by atoms with Crippen LogP contribution in [0.25, 0.3) is 10.9 Å². The minimum Gasteiger partial charge on any atom is -0.497 e. The summed E-state index contributed by atoms with van der Waals surface area (Å²) < 4.78 is 17.1. The highest BCUT2D eigenvalue weighted by molar-refractivity contribution is 5.83. The number of benzene rings is 1. The molecule has 2 aliphatic rings. The number of pyridine rings is 1. The Morgan fingerprint density at radius 1 is 1.20 bits per heavy atom. The highest BCUT2D eigenvalue weighted by atomic mass is 16.7. The molecular formula is C23H31N3O4. The first-order valence-corrected chi connectivity index (χ1v) is 10.8. The van der Waals surface area contributed by atoms with Gasteiger partial charge in [0.2, 0.25) is 5.91 Å². The molecule has 30 heavy (non-hydrogen) atoms. The molecule has 7 nitrogen and oxygen atoms in total. The predicted octanol–water partition coefficient (Wildman–Crippen LogP) is 2.55. The van der Waals surface area contributed by atoms with Gasteiger partial charge >= 0.3 is 0 Å². The molecule has 0 bridgehead atoms. The summed E-state index contributed by atoms with van der Waals surface area (Å²) in [5.41, 5.74) is 8.07. The Morgan fingerprint density at radius 2 is 1.97 bits per heavy atom. The number of fused-ring (bicyclic) bond motifs is 1. The van der Waals surface area contributed by atoms with E-state index in [1.165, 1.54) is 5.56 Å². The van der Waals surface area contributed by atoms with Crippen molar-refractivity contribution in [3.05, 3.63) is 36.0 Å². The number of carbonyl (C=O) groups excluding carboxylic acids is 1. The Balaban J connectivity index is 1.25. The van der Waals surface area contributed by atoms with E-state index in [9.17, 15) is 4.79 Å². The highest BCUT2D eigenvalue weighted by Gasteiger charge is 2.28. The van der Waals surface area contributed by atoms with Gasteiger partial charge in [0.1, 0.15) is 5.75 Å². The first kappa shape index (κ1) is 21.0. The number of aromatic nitrogens is 1. The van der Waals surface area contributed by atoms with Crippen LogP contribution in [0.4, 0.5) is 0 Å². The second-order valence-corrected chi connectivity index (χ2v) is 8.31. The fourth-order valence-electron chi connectivity index (χ4n) is 4.29. The molecule has 1 saturated carbocycles. The van der Waals surface area contributed by atoms with E-state index in [0.717, 1.165) is 55.2 Å². The lowest BCUT2D eigenvalue weighted by Crippen LogP contribution is -2.49. The molecule has 0 atom stereocenters. The van der Waals surface area contributed by atoms with Gasteiger partial charge in [-0.3, -0.25) is 9.78 Å². The van der Waals surface area contributed by atoms with Crippen molar-refractivity contribution < 1.29 is 19.0 Å². The van der Waals surface area contributed by atoms with Gasteiger partial charge in [-0.25, -0.2) is 0 Å². The largest absolute Gasteiger partial charge is 0.497 e. The number of nitrogens with two attached hydrogens (primary N) is 1. The molecule has 0 spiro atoms. The highest BCUT2D eigenvalue weighted by Crippen LogP contribution is 2.25. The van der Waals surface area contributed by atoms with Crippen LogP contribution in [0.5, 0.6) is 5.75 Å². The third-order valence-corrected chi connectivity index (χ3v) is 6.14. The Bertz CT molecular complexity index is 859. The first-order valence-electron chi connectivity index (χ1n) is 10.8. The van der Waals surface area contributed by atoms with E-state index in [-0.39, 0.29) is 30.2 Å². The molecule has 1 aliphatic carbocycles. The van der Waals surface area contributed by atoms with E-state index < -0.39 is 0 Å². The first-order chi connectivity index (χ1) is 14.6. The quantitative estimate of drug-likeness (QED) is 0.756. The van der Waals surface area contributed by atoms with Gasteiger partial charge < -0.3 is 25.3 Å². The van der Waals surface area contributed by atoms with E-state index in [0.29, 0.717) is 13.2 Å². The van der Waals surface area contributed by atoms with Crippen LogP contribution in [0.1, 0.15) is 37.7 Å². The zero-order valence-electron chi connectivity index (χ0n) is 17.5. The topological polar surface area (TPSA) is 95.7 Å². The van der Waals surface area contributed by atoms with Gasteiger partial charge in [-0.15, -0.1) is 0 Å². The van der Waals surface area contributed by atoms with E-state index >= 15 is 0 Å². The third kappa shape index (κ3) is 5.09. The standard InChI is InChI=1S/C23H31N3O4/c1-28-19-7-8-21-20(12-19)15(10-11-25-21)4-9-22-29-13-18(14-30-22)26-23(27)16-2-5-17(24)6-3-16/h7-8,10-12,16-18,22H,2-6,9,13-14,24H2,1H3,(H,26,27). The summed E-state index contributed by atoms with van der Waals surface area (Å²) in [5, 5.41) is 4.17. The number of hydrogen-bond acceptors (Lipinski definition) is 6. The molecule has 1 aromatic carbocycles. The van der Waals surface area contributed by atoms with E-state index in [1.54, 1.807) is 7.11 Å². The average molecular weight is 414 g/mol. The van der Waals surface area contributed by atoms with Crippen molar-refractivity contribution in [1.82, 2.24) is 10.3 Å². The summed E-state index contributed by atoms with van der Waals surface area (Å²) in [6.45, 7) is 0.959. The third-order valence-electron chi connectivity index (χ3n) is 6.14. The minimum absolute atomic E-state index is 0.0690. The summed E-state index contributed by atoms with van der Waals surface area (Å²) in [6.07, 6.45) is 6.72. The maximum absolute atomic E-state index is 12.5. The number of aryl methyl sites for hydroxylation is 1. The number of carbonyl (C=O) groups is 1. The molecule has 1 saturated heterocycles. The Hall–Kier alpha value is -2.22. The second kappa shape index (κ2) is 9.73. The molecule has 4 rings (SSSR count). The van der Waals surface area contributed by atoms with Crippen molar-refractivity contribution in [1.29, 1.82) is 0 Å². The normalized spacial score (nSPS) is 27.0. The lowest BCUT2D eigenvalue weighted by atomic mass is 9.86. The van der Waals surface area contributed by atoms with Crippen LogP contribution in [-0.4, -0.2) is 49.6 Å². The Labute approximate surface area is 177 Å². The van der Waals surface area contributed by atoms with E-state index in [1.807, 2.05) is 30.5 Å². The molecule has 1 aromatic heterocycles. The molecule has 1 amide bonds. The number of nitrogens with one attached hydrogen (secondary N) is 1. The zero-order chi connectivity index (χ0) is 20.9. The summed E-state index contributed by atoms with van der Waals surface area (Å²) >= 11 is 0. The summed E-state index contributed by atoms with van der Waals surface area (Å²) in [5.74, 6) is 0.995. The lowest BCUT2D eigenvalue weighted by molar-refractivity contribution is -0.193. The van der Waals surface area contributed by atoms with Crippen LogP contribution in [0.3, 0.4) is 0 Å². The molecule has 2 heterocycles. The Kier molecular flexibility index (Phi) is 6.82. The van der Waals surface area contributed by atoms with Crippen LogP contribution in [0, 0.1) is 5.92 Å². The SMILES string of the molecule is COc1ccc2nccc(CCC3OCC(NC(=O)C4CCC(N)CC4)CO3)c2c1. The van der Waals surface area contributed by atoms with Crippen LogP contribution in [0.15, 0.2) is 30.5 Å². The van der Waals surface area contributed by atoms with Crippen LogP contribution >= 0.6 is 0 Å². The smallest absolute Gasteiger partial charge is 0.223 e. The van der Waals surface area contributed by atoms with Crippen LogP contribution in [0.2, 0.25) is 0 Å². The van der Waals surface area contributed by atoms with Gasteiger partial charge in [0.25, 0.3) is 0 Å². The van der Waals surface area contributed by atoms with Gasteiger partial charge in [0, 0.05) is 30.0 Å². The molecule has 2 aromatic rings. The maximum Gasteiger partial charge on any atom is 0.223 e. The van der Waals surface area contributed by atoms with Gasteiger partial charge in [-0.1, -0.05) is 0 Å². The van der Waals surface area contributed by atoms with Crippen molar-refractivity contribution >= 4 is 16.8 Å². The fourth-order valence-corrected chi connectivity index (χ4v) is 4.29. The monoisotopic (exact) mass is 413 g/mol. The number of nitrogens with zero attached hydrogens (tertiary/aromatic N) is 1. The Morgan fingerprint density at radius 3 is 2.70 bits per heavy atom. The molecule has 1 aliphatic heterocycles. The molecule has 162 valence electrons. The van der Waals surface area contributed by atoms with Crippen molar-refractivity contribution in [2.75, 3.05) is 20.3 Å². The molecule has 2 fully saturated rings. The van der Waals surface area contributed by atoms with E-state index in [4.69, 9.17) is 19.9 Å². The van der Waals surface area contributed by atoms with Crippen LogP contribution in [-0.2, 0) is 20.7 Å². The summed E-state index contributed by atoms with van der Waals surface area (Å²) in [7, 11) is 1.67. The van der Waals surface area contributed by atoms with Gasteiger partial charge in [-0.2, -0.15) is 0 Å². The molecule has 7 heteroatoms. The molecule has 3 N–H and O–H groups in total. The van der Waals surface area contributed by atoms with Crippen molar-refractivity contribution in [2.45, 2.75) is 56.9 Å². The van der Waals surface area contributed by atoms with Crippen LogP contribution < -0.4 is 15.8 Å². The number of methoxy groups -OCH3 is 1. The molecule has 0 unspecified atom stereocenters. The fraction of sp³-hybridized carbons (Fsp3) is 0.565. The van der Waals surface area contributed by atoms with Gasteiger partial charge in [-0.05, 0) is 61.9 Å². The van der Waals surface area contributed by atoms with E-state index in [2.05, 4.69) is 10.3 Å². The number of hydrogen-bond donors (Lipinski definition) is 2. The lowest BCUT2D eigenvalue weighted by Gasteiger charge is -2.32. The van der Waals surface area contributed by atoms with Gasteiger partial charge in [0.15, 0.2) is 6.29 Å². The summed E-state index contributed by atoms with van der Waals surface area (Å²) in [4.78, 5) is 16.9. The summed E-state index contributed by atoms with van der Waals surface area (Å²) in [6, 6.07) is 8.10. The average Bonchev–Trinajstić information content (AvgIpc) is 2.78.